The number of methoxy groups -OCH3 is 1. The van der Waals surface area contributed by atoms with Crippen molar-refractivity contribution in [2.75, 3.05) is 7.11 Å². The summed E-state index contributed by atoms with van der Waals surface area (Å²) in [6.07, 6.45) is 5.35. The van der Waals surface area contributed by atoms with Crippen LogP contribution in [0.5, 0.6) is 0 Å². The van der Waals surface area contributed by atoms with E-state index in [0.717, 1.165) is 22.0 Å². The molecule has 4 rings (SSSR count). The number of aromatic nitrogens is 3. The molecule has 0 saturated heterocycles. The van der Waals surface area contributed by atoms with Crippen molar-refractivity contribution in [2.45, 2.75) is 12.6 Å². The molecule has 0 aliphatic heterocycles. The summed E-state index contributed by atoms with van der Waals surface area (Å²) in [5, 5.41) is 5.50. The number of fused-ring (bicyclic) bond motifs is 2. The Morgan fingerprint density at radius 2 is 2.00 bits per heavy atom. The zero-order valence-electron chi connectivity index (χ0n) is 14.3. The Morgan fingerprint density at radius 3 is 2.85 bits per heavy atom. The van der Waals surface area contributed by atoms with Gasteiger partial charge in [0.25, 0.3) is 0 Å². The van der Waals surface area contributed by atoms with Crippen LogP contribution < -0.4 is 5.32 Å². The van der Waals surface area contributed by atoms with Crippen LogP contribution in [0.15, 0.2) is 67.1 Å². The number of benzene rings is 2. The minimum atomic E-state index is -0.563. The highest BCUT2D eigenvalue weighted by Gasteiger charge is 2.21. The summed E-state index contributed by atoms with van der Waals surface area (Å²) in [5.41, 5.74) is 1.78. The first kappa shape index (κ1) is 16.2. The van der Waals surface area contributed by atoms with E-state index < -0.39 is 6.04 Å². The fourth-order valence-corrected chi connectivity index (χ4v) is 3.06. The first-order valence-electron chi connectivity index (χ1n) is 8.33. The maximum Gasteiger partial charge on any atom is 0.327 e. The van der Waals surface area contributed by atoms with E-state index in [9.17, 15) is 4.79 Å². The van der Waals surface area contributed by atoms with Crippen molar-refractivity contribution < 1.29 is 9.53 Å². The molecule has 0 fully saturated rings. The van der Waals surface area contributed by atoms with Gasteiger partial charge in [0, 0.05) is 18.9 Å². The van der Waals surface area contributed by atoms with Crippen LogP contribution in [0.3, 0.4) is 0 Å². The standard InChI is InChI=1S/C20H18N4O2/c1-26-19(25)18(16-8-7-14-5-2-3-6-15(14)11-16)22-12-17-13-23-20-21-9-4-10-24(17)20/h2-11,13,18,22H,12H2,1H3. The lowest BCUT2D eigenvalue weighted by molar-refractivity contribution is -0.143. The van der Waals surface area contributed by atoms with Crippen molar-refractivity contribution in [2.24, 2.45) is 0 Å². The zero-order valence-corrected chi connectivity index (χ0v) is 14.3. The minimum absolute atomic E-state index is 0.327. The molecule has 0 aliphatic carbocycles. The smallest absolute Gasteiger partial charge is 0.327 e. The van der Waals surface area contributed by atoms with E-state index in [2.05, 4.69) is 15.3 Å². The number of nitrogens with zero attached hydrogens (tertiary/aromatic N) is 3. The molecule has 26 heavy (non-hydrogen) atoms. The molecule has 0 amide bonds. The van der Waals surface area contributed by atoms with Crippen molar-refractivity contribution in [3.05, 3.63) is 78.4 Å². The third-order valence-corrected chi connectivity index (χ3v) is 4.40. The molecule has 0 aliphatic rings. The second-order valence-electron chi connectivity index (χ2n) is 5.98. The van der Waals surface area contributed by atoms with Crippen molar-refractivity contribution in [3.63, 3.8) is 0 Å². The average molecular weight is 346 g/mol. The quantitative estimate of drug-likeness (QED) is 0.563. The van der Waals surface area contributed by atoms with Crippen LogP contribution in [0, 0.1) is 0 Å². The third kappa shape index (κ3) is 3.02. The van der Waals surface area contributed by atoms with E-state index in [1.165, 1.54) is 7.11 Å². The van der Waals surface area contributed by atoms with Gasteiger partial charge in [-0.15, -0.1) is 0 Å². The maximum atomic E-state index is 12.4. The SMILES string of the molecule is COC(=O)C(NCc1cnc2ncccn12)c1ccc2ccccc2c1. The van der Waals surface area contributed by atoms with Gasteiger partial charge >= 0.3 is 5.97 Å². The van der Waals surface area contributed by atoms with Gasteiger partial charge in [0.15, 0.2) is 0 Å². The van der Waals surface area contributed by atoms with Gasteiger partial charge < -0.3 is 4.74 Å². The molecule has 0 saturated carbocycles. The van der Waals surface area contributed by atoms with Gasteiger partial charge in [-0.05, 0) is 28.5 Å². The number of esters is 1. The largest absolute Gasteiger partial charge is 0.468 e. The fraction of sp³-hybridized carbons (Fsp3) is 0.150. The normalized spacial score (nSPS) is 12.3. The molecular weight excluding hydrogens is 328 g/mol. The lowest BCUT2D eigenvalue weighted by atomic mass is 10.0. The summed E-state index contributed by atoms with van der Waals surface area (Å²) >= 11 is 0. The van der Waals surface area contributed by atoms with Crippen molar-refractivity contribution in [1.29, 1.82) is 0 Å². The molecule has 2 heterocycles. The number of nitrogens with one attached hydrogen (secondary N) is 1. The fourth-order valence-electron chi connectivity index (χ4n) is 3.06. The molecule has 6 nitrogen and oxygen atoms in total. The second-order valence-corrected chi connectivity index (χ2v) is 5.98. The molecule has 4 aromatic rings. The highest BCUT2D eigenvalue weighted by molar-refractivity contribution is 5.85. The topological polar surface area (TPSA) is 68.5 Å². The summed E-state index contributed by atoms with van der Waals surface area (Å²) in [5.74, 6) is 0.303. The van der Waals surface area contributed by atoms with Crippen LogP contribution in [-0.2, 0) is 16.1 Å². The van der Waals surface area contributed by atoms with E-state index in [1.54, 1.807) is 12.4 Å². The zero-order chi connectivity index (χ0) is 17.9. The highest BCUT2D eigenvalue weighted by Crippen LogP contribution is 2.22. The summed E-state index contributed by atoms with van der Waals surface area (Å²) < 4.78 is 6.89. The average Bonchev–Trinajstić information content (AvgIpc) is 3.11. The Kier molecular flexibility index (Phi) is 4.33. The summed E-state index contributed by atoms with van der Waals surface area (Å²) in [7, 11) is 1.40. The molecule has 0 radical (unpaired) electrons. The summed E-state index contributed by atoms with van der Waals surface area (Å²) in [4.78, 5) is 20.8. The van der Waals surface area contributed by atoms with E-state index in [-0.39, 0.29) is 5.97 Å². The Bertz CT molecular complexity index is 1070. The number of hydrogen-bond donors (Lipinski definition) is 1. The monoisotopic (exact) mass is 346 g/mol. The minimum Gasteiger partial charge on any atom is -0.468 e. The van der Waals surface area contributed by atoms with Crippen molar-refractivity contribution in [3.8, 4) is 0 Å². The van der Waals surface area contributed by atoms with Gasteiger partial charge in [0.2, 0.25) is 5.78 Å². The Labute approximate surface area is 150 Å². The second kappa shape index (κ2) is 6.93. The van der Waals surface area contributed by atoms with Crippen molar-refractivity contribution in [1.82, 2.24) is 19.7 Å². The molecule has 6 heteroatoms. The Balaban J connectivity index is 1.63. The number of ether oxygens (including phenoxy) is 1. The van der Waals surface area contributed by atoms with Gasteiger partial charge in [-0.2, -0.15) is 0 Å². The van der Waals surface area contributed by atoms with Gasteiger partial charge in [-0.1, -0.05) is 36.4 Å². The summed E-state index contributed by atoms with van der Waals surface area (Å²) in [6.45, 7) is 0.458. The van der Waals surface area contributed by atoms with E-state index in [4.69, 9.17) is 4.74 Å². The van der Waals surface area contributed by atoms with E-state index >= 15 is 0 Å². The number of imidazole rings is 1. The van der Waals surface area contributed by atoms with Crippen LogP contribution in [-0.4, -0.2) is 27.4 Å². The van der Waals surface area contributed by atoms with Crippen LogP contribution in [0.2, 0.25) is 0 Å². The maximum absolute atomic E-state index is 12.4. The first-order chi connectivity index (χ1) is 12.8. The molecule has 1 unspecified atom stereocenters. The molecule has 2 aromatic heterocycles. The number of rotatable bonds is 5. The lowest BCUT2D eigenvalue weighted by Gasteiger charge is -2.17. The van der Waals surface area contributed by atoms with Gasteiger partial charge in [-0.25, -0.2) is 14.8 Å². The molecular formula is C20H18N4O2. The van der Waals surface area contributed by atoms with Crippen LogP contribution in [0.1, 0.15) is 17.3 Å². The van der Waals surface area contributed by atoms with Gasteiger partial charge in [0.1, 0.15) is 6.04 Å². The molecule has 130 valence electrons. The van der Waals surface area contributed by atoms with Gasteiger partial charge in [-0.3, -0.25) is 9.72 Å². The van der Waals surface area contributed by atoms with Crippen molar-refractivity contribution >= 4 is 22.5 Å². The van der Waals surface area contributed by atoms with E-state index in [0.29, 0.717) is 12.3 Å². The Morgan fingerprint density at radius 1 is 1.15 bits per heavy atom. The van der Waals surface area contributed by atoms with E-state index in [1.807, 2.05) is 59.1 Å². The number of hydrogen-bond acceptors (Lipinski definition) is 5. The Hall–Kier alpha value is -3.25. The van der Waals surface area contributed by atoms with Crippen LogP contribution >= 0.6 is 0 Å². The molecule has 0 bridgehead atoms. The predicted molar refractivity (Wildman–Crippen MR) is 98.5 cm³/mol. The first-order valence-corrected chi connectivity index (χ1v) is 8.33. The molecule has 2 aromatic carbocycles. The third-order valence-electron chi connectivity index (χ3n) is 4.40. The molecule has 1 atom stereocenters. The lowest BCUT2D eigenvalue weighted by Crippen LogP contribution is -2.29. The predicted octanol–water partition coefficient (Wildman–Crippen LogP) is 2.89. The number of carbonyl (C=O) groups excluding carboxylic acids is 1. The number of carbonyl (C=O) groups is 1. The van der Waals surface area contributed by atoms with Gasteiger partial charge in [0.05, 0.1) is 19.0 Å². The molecule has 1 N–H and O–H groups in total. The highest BCUT2D eigenvalue weighted by atomic mass is 16.5. The van der Waals surface area contributed by atoms with Crippen LogP contribution in [0.4, 0.5) is 0 Å². The van der Waals surface area contributed by atoms with Crippen LogP contribution in [0.25, 0.3) is 16.6 Å². The molecule has 0 spiro atoms. The summed E-state index contributed by atoms with van der Waals surface area (Å²) in [6, 6.07) is 15.3.